The van der Waals surface area contributed by atoms with E-state index in [2.05, 4.69) is 25.4 Å². The Morgan fingerprint density at radius 2 is 2.47 bits per heavy atom. The van der Waals surface area contributed by atoms with Gasteiger partial charge in [-0.25, -0.2) is 4.98 Å². The molecule has 0 radical (unpaired) electrons. The van der Waals surface area contributed by atoms with Crippen LogP contribution in [0.15, 0.2) is 21.7 Å². The highest BCUT2D eigenvalue weighted by atomic mass is 16.5. The van der Waals surface area contributed by atoms with Crippen molar-refractivity contribution in [3.8, 4) is 0 Å². The molecule has 0 aliphatic carbocycles. The third kappa shape index (κ3) is 2.19. The monoisotopic (exact) mass is 207 g/mol. The third-order valence-electron chi connectivity index (χ3n) is 1.69. The van der Waals surface area contributed by atoms with E-state index in [0.29, 0.717) is 18.3 Å². The van der Waals surface area contributed by atoms with Gasteiger partial charge in [0.15, 0.2) is 11.6 Å². The highest BCUT2D eigenvalue weighted by Crippen LogP contribution is 1.97. The van der Waals surface area contributed by atoms with Gasteiger partial charge in [0.05, 0.1) is 6.54 Å². The van der Waals surface area contributed by atoms with Crippen LogP contribution in [-0.2, 0) is 6.54 Å². The molecular formula is C8H9N5O2. The van der Waals surface area contributed by atoms with E-state index < -0.39 is 0 Å². The van der Waals surface area contributed by atoms with Crippen molar-refractivity contribution in [1.82, 2.24) is 20.1 Å². The third-order valence-corrected chi connectivity index (χ3v) is 1.69. The van der Waals surface area contributed by atoms with E-state index in [1.807, 2.05) is 0 Å². The molecule has 0 atom stereocenters. The van der Waals surface area contributed by atoms with Gasteiger partial charge in [0.25, 0.3) is 5.56 Å². The van der Waals surface area contributed by atoms with Crippen molar-refractivity contribution in [2.75, 3.05) is 5.32 Å². The Labute approximate surface area is 84.6 Å². The molecule has 2 aromatic rings. The average molecular weight is 207 g/mol. The largest absolute Gasteiger partial charge is 0.358 e. The zero-order valence-electron chi connectivity index (χ0n) is 8.02. The first-order valence-corrected chi connectivity index (χ1v) is 4.32. The van der Waals surface area contributed by atoms with E-state index in [-0.39, 0.29) is 11.4 Å². The minimum absolute atomic E-state index is 0.236. The van der Waals surface area contributed by atoms with Crippen molar-refractivity contribution >= 4 is 5.82 Å². The second-order valence-corrected chi connectivity index (χ2v) is 2.85. The number of anilines is 1. The summed E-state index contributed by atoms with van der Waals surface area (Å²) in [6, 6.07) is 0. The van der Waals surface area contributed by atoms with Gasteiger partial charge in [0.2, 0.25) is 5.89 Å². The van der Waals surface area contributed by atoms with Crippen molar-refractivity contribution in [3.05, 3.63) is 34.5 Å². The number of H-pyrrole nitrogens is 1. The van der Waals surface area contributed by atoms with Crippen LogP contribution < -0.4 is 10.9 Å². The Hall–Kier alpha value is -2.18. The van der Waals surface area contributed by atoms with E-state index in [4.69, 9.17) is 4.52 Å². The molecule has 2 rings (SSSR count). The van der Waals surface area contributed by atoms with Crippen LogP contribution in [0.2, 0.25) is 0 Å². The molecular weight excluding hydrogens is 198 g/mol. The fourth-order valence-corrected chi connectivity index (χ4v) is 1.05. The molecule has 0 spiro atoms. The minimum atomic E-state index is -0.280. The first-order chi connectivity index (χ1) is 7.25. The highest BCUT2D eigenvalue weighted by Gasteiger charge is 2.03. The Bertz CT molecular complexity index is 503. The summed E-state index contributed by atoms with van der Waals surface area (Å²) in [6.07, 6.45) is 2.96. The highest BCUT2D eigenvalue weighted by molar-refractivity contribution is 5.29. The maximum absolute atomic E-state index is 11.2. The number of aromatic nitrogens is 4. The predicted molar refractivity (Wildman–Crippen MR) is 51.2 cm³/mol. The van der Waals surface area contributed by atoms with Crippen LogP contribution in [0.4, 0.5) is 5.82 Å². The molecule has 2 heterocycles. The first kappa shape index (κ1) is 9.38. The molecule has 0 saturated heterocycles. The van der Waals surface area contributed by atoms with Crippen LogP contribution in [0.5, 0.6) is 0 Å². The first-order valence-electron chi connectivity index (χ1n) is 4.32. The van der Waals surface area contributed by atoms with Crippen LogP contribution in [0, 0.1) is 6.92 Å². The Morgan fingerprint density at radius 1 is 1.60 bits per heavy atom. The summed E-state index contributed by atoms with van der Waals surface area (Å²) in [4.78, 5) is 21.5. The van der Waals surface area contributed by atoms with Crippen molar-refractivity contribution in [2.24, 2.45) is 0 Å². The molecule has 0 aliphatic rings. The lowest BCUT2D eigenvalue weighted by atomic mass is 10.5. The summed E-state index contributed by atoms with van der Waals surface area (Å²) < 4.78 is 4.78. The fourth-order valence-electron chi connectivity index (χ4n) is 1.05. The van der Waals surface area contributed by atoms with Crippen LogP contribution in [0.1, 0.15) is 11.7 Å². The second-order valence-electron chi connectivity index (χ2n) is 2.85. The fraction of sp³-hybridized carbons (Fsp3) is 0.250. The number of hydrogen-bond donors (Lipinski definition) is 2. The van der Waals surface area contributed by atoms with Gasteiger partial charge in [-0.3, -0.25) is 4.79 Å². The molecule has 78 valence electrons. The number of nitrogens with one attached hydrogen (secondary N) is 2. The molecule has 0 saturated carbocycles. The van der Waals surface area contributed by atoms with E-state index in [0.717, 1.165) is 0 Å². The van der Waals surface area contributed by atoms with Crippen LogP contribution >= 0.6 is 0 Å². The molecule has 7 heteroatoms. The molecule has 7 nitrogen and oxygen atoms in total. The summed E-state index contributed by atoms with van der Waals surface area (Å²) in [6.45, 7) is 2.00. The lowest BCUT2D eigenvalue weighted by molar-refractivity contribution is 0.388. The summed E-state index contributed by atoms with van der Waals surface area (Å²) >= 11 is 0. The topological polar surface area (TPSA) is 96.7 Å². The molecule has 0 bridgehead atoms. The molecule has 0 unspecified atom stereocenters. The number of nitrogens with zero attached hydrogens (tertiary/aromatic N) is 3. The van der Waals surface area contributed by atoms with Crippen LogP contribution in [0.25, 0.3) is 0 Å². The van der Waals surface area contributed by atoms with E-state index in [1.165, 1.54) is 12.4 Å². The zero-order chi connectivity index (χ0) is 10.7. The number of hydrogen-bond acceptors (Lipinski definition) is 6. The molecule has 0 fully saturated rings. The lowest BCUT2D eigenvalue weighted by Gasteiger charge is -1.99. The Morgan fingerprint density at radius 3 is 3.13 bits per heavy atom. The minimum Gasteiger partial charge on any atom is -0.358 e. The molecule has 0 aliphatic heterocycles. The summed E-state index contributed by atoms with van der Waals surface area (Å²) in [7, 11) is 0. The van der Waals surface area contributed by atoms with Gasteiger partial charge in [0, 0.05) is 19.3 Å². The molecule has 15 heavy (non-hydrogen) atoms. The van der Waals surface area contributed by atoms with Gasteiger partial charge in [-0.15, -0.1) is 0 Å². The number of aryl methyl sites for hydroxylation is 1. The van der Waals surface area contributed by atoms with Gasteiger partial charge in [-0.2, -0.15) is 4.98 Å². The quantitative estimate of drug-likeness (QED) is 0.739. The summed E-state index contributed by atoms with van der Waals surface area (Å²) in [5.41, 5.74) is -0.280. The van der Waals surface area contributed by atoms with Crippen molar-refractivity contribution in [3.63, 3.8) is 0 Å². The Balaban J connectivity index is 2.05. The predicted octanol–water partition coefficient (Wildman–Crippen LogP) is 0.0734. The molecule has 0 amide bonds. The van der Waals surface area contributed by atoms with Gasteiger partial charge >= 0.3 is 0 Å². The lowest BCUT2D eigenvalue weighted by Crippen LogP contribution is -2.15. The number of rotatable bonds is 3. The summed E-state index contributed by atoms with van der Waals surface area (Å²) in [5, 5.41) is 6.47. The molecule has 0 aromatic carbocycles. The van der Waals surface area contributed by atoms with Crippen molar-refractivity contribution in [2.45, 2.75) is 13.5 Å². The second kappa shape index (κ2) is 3.91. The van der Waals surface area contributed by atoms with E-state index >= 15 is 0 Å². The van der Waals surface area contributed by atoms with Gasteiger partial charge in [0.1, 0.15) is 0 Å². The molecule has 2 aromatic heterocycles. The van der Waals surface area contributed by atoms with Gasteiger partial charge < -0.3 is 14.8 Å². The van der Waals surface area contributed by atoms with Crippen LogP contribution in [0.3, 0.4) is 0 Å². The van der Waals surface area contributed by atoms with E-state index in [1.54, 1.807) is 6.92 Å². The van der Waals surface area contributed by atoms with Crippen molar-refractivity contribution < 1.29 is 4.52 Å². The normalized spacial score (nSPS) is 10.2. The average Bonchev–Trinajstić information content (AvgIpc) is 2.63. The van der Waals surface area contributed by atoms with Gasteiger partial charge in [-0.05, 0) is 0 Å². The summed E-state index contributed by atoms with van der Waals surface area (Å²) in [5.74, 6) is 1.21. The van der Waals surface area contributed by atoms with Crippen molar-refractivity contribution in [1.29, 1.82) is 0 Å². The van der Waals surface area contributed by atoms with Crippen LogP contribution in [-0.4, -0.2) is 20.1 Å². The number of aromatic amines is 1. The zero-order valence-corrected chi connectivity index (χ0v) is 8.02. The van der Waals surface area contributed by atoms with E-state index in [9.17, 15) is 4.79 Å². The van der Waals surface area contributed by atoms with Gasteiger partial charge in [-0.1, -0.05) is 5.16 Å². The standard InChI is InChI=1S/C8H9N5O2/c1-5-12-6(13-15-5)4-11-7-8(14)10-3-2-9-7/h2-3H,4H2,1H3,(H,9,11)(H,10,14). The SMILES string of the molecule is Cc1nc(CNc2ncc[nH]c2=O)no1. The Kier molecular flexibility index (Phi) is 2.44. The molecule has 2 N–H and O–H groups in total. The maximum atomic E-state index is 11.2. The maximum Gasteiger partial charge on any atom is 0.290 e. The smallest absolute Gasteiger partial charge is 0.290 e.